The van der Waals surface area contributed by atoms with Gasteiger partial charge in [0.2, 0.25) is 11.8 Å². The van der Waals surface area contributed by atoms with Gasteiger partial charge in [0.15, 0.2) is 0 Å². The summed E-state index contributed by atoms with van der Waals surface area (Å²) in [7, 11) is 0. The average molecular weight is 395 g/mol. The van der Waals surface area contributed by atoms with Crippen LogP contribution < -0.4 is 15.8 Å². The highest BCUT2D eigenvalue weighted by atomic mass is 32.2. The minimum Gasteiger partial charge on any atom is -0.473 e. The number of aromatic nitrogens is 1. The maximum absolute atomic E-state index is 12.5. The molecule has 0 spiro atoms. The first-order valence-electron chi connectivity index (χ1n) is 9.33. The zero-order valence-corrected chi connectivity index (χ0v) is 16.4. The van der Waals surface area contributed by atoms with Crippen LogP contribution in [0.2, 0.25) is 0 Å². The van der Waals surface area contributed by atoms with Crippen LogP contribution in [0.3, 0.4) is 0 Å². The number of nitrogens with two attached hydrogens (primary N) is 1. The molecule has 1 aromatic heterocycles. The van der Waals surface area contributed by atoms with E-state index < -0.39 is 0 Å². The lowest BCUT2D eigenvalue weighted by atomic mass is 9.80. The second kappa shape index (κ2) is 9.03. The maximum atomic E-state index is 12.5. The highest BCUT2D eigenvalue weighted by molar-refractivity contribution is 7.97. The monoisotopic (exact) mass is 394 g/mol. The maximum Gasteiger partial charge on any atom is 0.226 e. The zero-order valence-electron chi connectivity index (χ0n) is 15.6. The Balaban J connectivity index is 1.45. The Hall–Kier alpha value is -1.64. The van der Waals surface area contributed by atoms with Crippen molar-refractivity contribution < 1.29 is 13.9 Å². The van der Waals surface area contributed by atoms with E-state index in [2.05, 4.69) is 21.5 Å². The van der Waals surface area contributed by atoms with Crippen LogP contribution in [0.15, 0.2) is 35.1 Å². The quantitative estimate of drug-likeness (QED) is 0.660. The first-order valence-corrected chi connectivity index (χ1v) is 10.1. The van der Waals surface area contributed by atoms with Crippen LogP contribution in [0.4, 0.5) is 4.39 Å². The van der Waals surface area contributed by atoms with Gasteiger partial charge in [-0.1, -0.05) is 6.92 Å². The molecule has 1 saturated heterocycles. The van der Waals surface area contributed by atoms with E-state index in [1.165, 1.54) is 0 Å². The summed E-state index contributed by atoms with van der Waals surface area (Å²) >= 11 is 1.64. The summed E-state index contributed by atoms with van der Waals surface area (Å²) in [6.07, 6.45) is 6.16. The number of hydrogen-bond acceptors (Lipinski definition) is 6. The van der Waals surface area contributed by atoms with Gasteiger partial charge in [0.05, 0.1) is 6.33 Å². The van der Waals surface area contributed by atoms with Gasteiger partial charge in [0, 0.05) is 53.8 Å². The molecule has 0 bridgehead atoms. The number of halogens is 1. The highest BCUT2D eigenvalue weighted by Gasteiger charge is 2.39. The Morgan fingerprint density at radius 3 is 2.78 bits per heavy atom. The Morgan fingerprint density at radius 1 is 1.48 bits per heavy atom. The van der Waals surface area contributed by atoms with Crippen LogP contribution in [-0.2, 0) is 4.79 Å². The Bertz CT molecular complexity index is 671. The number of ether oxygens (including phenoxy) is 1. The van der Waals surface area contributed by atoms with Crippen molar-refractivity contribution in [2.75, 3.05) is 26.2 Å². The van der Waals surface area contributed by atoms with E-state index >= 15 is 0 Å². The van der Waals surface area contributed by atoms with Crippen LogP contribution in [0, 0.1) is 5.41 Å². The number of carbonyl (C=O) groups excluding carboxylic acids is 1. The molecule has 1 aliphatic carbocycles. The predicted octanol–water partition coefficient (Wildman–Crippen LogP) is 2.66. The molecule has 2 fully saturated rings. The van der Waals surface area contributed by atoms with Gasteiger partial charge in [-0.2, -0.15) is 0 Å². The number of carbonyl (C=O) groups is 1. The van der Waals surface area contributed by atoms with E-state index in [1.54, 1.807) is 24.2 Å². The highest BCUT2D eigenvalue weighted by Crippen LogP contribution is 2.36. The number of rotatable bonds is 8. The summed E-state index contributed by atoms with van der Waals surface area (Å²) in [5.74, 6) is 0.645. The number of pyridine rings is 1. The summed E-state index contributed by atoms with van der Waals surface area (Å²) < 4.78 is 20.2. The van der Waals surface area contributed by atoms with Crippen molar-refractivity contribution >= 4 is 17.9 Å². The summed E-state index contributed by atoms with van der Waals surface area (Å²) in [5, 5.41) is 3.14. The molecule has 6 nitrogen and oxygen atoms in total. The van der Waals surface area contributed by atoms with Gasteiger partial charge in [-0.25, -0.2) is 13.7 Å². The van der Waals surface area contributed by atoms with Crippen molar-refractivity contribution in [2.45, 2.75) is 43.5 Å². The van der Waals surface area contributed by atoms with Crippen molar-refractivity contribution in [3.05, 3.63) is 30.2 Å². The third kappa shape index (κ3) is 5.67. The largest absolute Gasteiger partial charge is 0.473 e. The second-order valence-corrected chi connectivity index (χ2v) is 8.59. The lowest BCUT2D eigenvalue weighted by molar-refractivity contribution is -0.132. The van der Waals surface area contributed by atoms with Crippen LogP contribution >= 0.6 is 11.9 Å². The van der Waals surface area contributed by atoms with Gasteiger partial charge in [0.1, 0.15) is 6.61 Å². The molecule has 2 heterocycles. The van der Waals surface area contributed by atoms with Crippen molar-refractivity contribution in [2.24, 2.45) is 11.1 Å². The van der Waals surface area contributed by atoms with Crippen molar-refractivity contribution in [3.63, 3.8) is 0 Å². The van der Waals surface area contributed by atoms with Crippen molar-refractivity contribution in [1.82, 2.24) is 14.6 Å². The lowest BCUT2D eigenvalue weighted by Gasteiger charge is -2.37. The third-order valence-corrected chi connectivity index (χ3v) is 6.13. The number of nitrogens with zero attached hydrogens (tertiary/aromatic N) is 2. The lowest BCUT2D eigenvalue weighted by Crippen LogP contribution is -2.46. The van der Waals surface area contributed by atoms with E-state index in [0.29, 0.717) is 23.8 Å². The molecule has 1 aliphatic heterocycles. The standard InChI is InChI=1S/C19H27FN4O2S/c1-19(18(25)23-15-2-3-15)6-8-24(9-7-19)27-16-4-5-17(22-12-16)26-13-14(10-20)11-21/h4-5,10,12,15H,2-3,6-9,11,13,21H2,1H3,(H,23,25)/b14-10-. The van der Waals surface area contributed by atoms with Gasteiger partial charge in [0.25, 0.3) is 0 Å². The summed E-state index contributed by atoms with van der Waals surface area (Å²) in [4.78, 5) is 17.7. The first kappa shape index (κ1) is 20.1. The molecule has 1 saturated carbocycles. The van der Waals surface area contributed by atoms with Gasteiger partial charge < -0.3 is 15.8 Å². The van der Waals surface area contributed by atoms with Gasteiger partial charge in [-0.15, -0.1) is 0 Å². The Labute approximate surface area is 163 Å². The SMILES string of the molecule is CC1(C(=O)NC2CC2)CCN(Sc2ccc(OC/C(=C\F)CN)nc2)CC1. The van der Waals surface area contributed by atoms with Crippen molar-refractivity contribution in [3.8, 4) is 5.88 Å². The third-order valence-electron chi connectivity index (χ3n) is 5.05. The molecule has 148 valence electrons. The molecule has 0 aromatic carbocycles. The molecule has 0 unspecified atom stereocenters. The van der Waals surface area contributed by atoms with Crippen molar-refractivity contribution in [1.29, 1.82) is 0 Å². The normalized spacial score (nSPS) is 20.3. The molecule has 3 N–H and O–H groups in total. The zero-order chi connectivity index (χ0) is 19.3. The van der Waals surface area contributed by atoms with Gasteiger partial charge >= 0.3 is 0 Å². The molecular weight excluding hydrogens is 367 g/mol. The molecule has 1 aromatic rings. The molecule has 27 heavy (non-hydrogen) atoms. The molecule has 3 rings (SSSR count). The Kier molecular flexibility index (Phi) is 6.73. The summed E-state index contributed by atoms with van der Waals surface area (Å²) in [6.45, 7) is 4.01. The van der Waals surface area contributed by atoms with Crippen LogP contribution in [0.25, 0.3) is 0 Å². The fraction of sp³-hybridized carbons (Fsp3) is 0.579. The smallest absolute Gasteiger partial charge is 0.226 e. The molecule has 0 radical (unpaired) electrons. The van der Waals surface area contributed by atoms with E-state index in [9.17, 15) is 9.18 Å². The predicted molar refractivity (Wildman–Crippen MR) is 104 cm³/mol. The van der Waals surface area contributed by atoms with Crippen LogP contribution in [0.1, 0.15) is 32.6 Å². The summed E-state index contributed by atoms with van der Waals surface area (Å²) in [5.41, 5.74) is 5.52. The minimum atomic E-state index is -0.264. The second-order valence-electron chi connectivity index (χ2n) is 7.42. The van der Waals surface area contributed by atoms with E-state index in [4.69, 9.17) is 10.5 Å². The van der Waals surface area contributed by atoms with Crippen LogP contribution in [-0.4, -0.2) is 47.5 Å². The molecule has 2 aliphatic rings. The first-order chi connectivity index (χ1) is 13.0. The number of amides is 1. The minimum absolute atomic E-state index is 0.0973. The topological polar surface area (TPSA) is 80.5 Å². The molecular formula is C19H27FN4O2S. The fourth-order valence-corrected chi connectivity index (χ4v) is 3.73. The van der Waals surface area contributed by atoms with Gasteiger partial charge in [-0.3, -0.25) is 4.79 Å². The van der Waals surface area contributed by atoms with E-state index in [0.717, 1.165) is 43.7 Å². The van der Waals surface area contributed by atoms with Crippen LogP contribution in [0.5, 0.6) is 5.88 Å². The van der Waals surface area contributed by atoms with Gasteiger partial charge in [-0.05, 0) is 43.7 Å². The molecule has 0 atom stereocenters. The number of hydrogen-bond donors (Lipinski definition) is 2. The number of nitrogens with one attached hydrogen (secondary N) is 1. The van der Waals surface area contributed by atoms with E-state index in [1.807, 2.05) is 6.07 Å². The molecule has 1 amide bonds. The van der Waals surface area contributed by atoms with E-state index in [-0.39, 0.29) is 24.5 Å². The Morgan fingerprint density at radius 2 is 2.22 bits per heavy atom. The average Bonchev–Trinajstić information content (AvgIpc) is 3.50. The summed E-state index contributed by atoms with van der Waals surface area (Å²) in [6, 6.07) is 4.11. The number of piperidine rings is 1. The molecule has 8 heteroatoms. The fourth-order valence-electron chi connectivity index (χ4n) is 2.84.